The predicted octanol–water partition coefficient (Wildman–Crippen LogP) is 1.71. The summed E-state index contributed by atoms with van der Waals surface area (Å²) in [6.45, 7) is 0.681. The molecule has 0 radical (unpaired) electrons. The van der Waals surface area contributed by atoms with Crippen LogP contribution in [0.25, 0.3) is 0 Å². The van der Waals surface area contributed by atoms with Crippen LogP contribution in [0, 0.1) is 11.8 Å². The van der Waals surface area contributed by atoms with E-state index in [4.69, 9.17) is 16.2 Å². The number of hydrogen-bond acceptors (Lipinski definition) is 3. The summed E-state index contributed by atoms with van der Waals surface area (Å²) in [7, 11) is 1.63. The first-order valence-corrected chi connectivity index (χ1v) is 7.58. The second kappa shape index (κ2) is 7.68. The van der Waals surface area contributed by atoms with Crippen LogP contribution in [-0.2, 0) is 4.79 Å². The maximum absolute atomic E-state index is 11.1. The number of guanidine groups is 1. The van der Waals surface area contributed by atoms with Crippen molar-refractivity contribution in [1.82, 2.24) is 0 Å². The van der Waals surface area contributed by atoms with Crippen LogP contribution >= 0.6 is 0 Å². The van der Waals surface area contributed by atoms with Crippen LogP contribution < -0.4 is 21.5 Å². The molecule has 1 fully saturated rings. The molecule has 0 spiro atoms. The summed E-state index contributed by atoms with van der Waals surface area (Å²) >= 11 is 0. The van der Waals surface area contributed by atoms with Crippen molar-refractivity contribution < 1.29 is 9.53 Å². The van der Waals surface area contributed by atoms with Gasteiger partial charge in [0, 0.05) is 18.2 Å². The Hall–Kier alpha value is -2.24. The largest absolute Gasteiger partial charge is 0.497 e. The highest BCUT2D eigenvalue weighted by Gasteiger charge is 2.24. The minimum atomic E-state index is -0.178. The molecule has 0 heterocycles. The molecule has 0 aliphatic heterocycles. The molecule has 0 atom stereocenters. The number of hydrogen-bond donors (Lipinski definition) is 3. The Balaban J connectivity index is 1.79. The number of benzene rings is 1. The summed E-state index contributed by atoms with van der Waals surface area (Å²) in [5.74, 6) is 1.54. The fourth-order valence-corrected chi connectivity index (χ4v) is 2.72. The number of nitrogens with zero attached hydrogens (tertiary/aromatic N) is 1. The van der Waals surface area contributed by atoms with E-state index in [-0.39, 0.29) is 11.8 Å². The molecule has 1 saturated carbocycles. The van der Waals surface area contributed by atoms with E-state index in [2.05, 4.69) is 10.3 Å². The predicted molar refractivity (Wildman–Crippen MR) is 87.7 cm³/mol. The van der Waals surface area contributed by atoms with Crippen LogP contribution in [0.4, 0.5) is 5.69 Å². The molecule has 0 aromatic heterocycles. The van der Waals surface area contributed by atoms with Crippen molar-refractivity contribution in [2.24, 2.45) is 28.3 Å². The highest BCUT2D eigenvalue weighted by atomic mass is 16.5. The molecule has 1 aliphatic carbocycles. The first kappa shape index (κ1) is 16.1. The van der Waals surface area contributed by atoms with Crippen LogP contribution in [0.5, 0.6) is 5.75 Å². The first-order valence-electron chi connectivity index (χ1n) is 7.58. The molecule has 6 heteroatoms. The second-order valence-electron chi connectivity index (χ2n) is 5.70. The molecule has 1 aliphatic rings. The van der Waals surface area contributed by atoms with Gasteiger partial charge in [0.2, 0.25) is 5.91 Å². The van der Waals surface area contributed by atoms with E-state index in [0.29, 0.717) is 18.4 Å². The van der Waals surface area contributed by atoms with Gasteiger partial charge in [0.1, 0.15) is 5.75 Å². The molecule has 0 unspecified atom stereocenters. The van der Waals surface area contributed by atoms with Gasteiger partial charge in [-0.3, -0.25) is 9.79 Å². The quantitative estimate of drug-likeness (QED) is 0.569. The lowest BCUT2D eigenvalue weighted by molar-refractivity contribution is -0.122. The third-order valence-electron chi connectivity index (χ3n) is 4.13. The minimum Gasteiger partial charge on any atom is -0.497 e. The number of amides is 1. The number of nitrogens with two attached hydrogens (primary N) is 2. The average molecular weight is 304 g/mol. The molecule has 22 heavy (non-hydrogen) atoms. The smallest absolute Gasteiger partial charge is 0.220 e. The molecular formula is C16H24N4O2. The number of anilines is 1. The number of ether oxygens (including phenoxy) is 1. The summed E-state index contributed by atoms with van der Waals surface area (Å²) < 4.78 is 5.10. The lowest BCUT2D eigenvalue weighted by Gasteiger charge is -2.25. The standard InChI is InChI=1S/C16H24N4O2/c1-22-14-8-6-13(7-9-14)20-16(18)19-10-11-2-4-12(5-3-11)15(17)21/h6-9,11-12H,2-5,10H2,1H3,(H2,17,21)(H3,18,19,20). The molecule has 2 rings (SSSR count). The van der Waals surface area contributed by atoms with E-state index in [1.807, 2.05) is 24.3 Å². The summed E-state index contributed by atoms with van der Waals surface area (Å²) in [5.41, 5.74) is 12.1. The molecule has 1 aromatic rings. The molecule has 0 saturated heterocycles. The zero-order chi connectivity index (χ0) is 15.9. The zero-order valence-electron chi connectivity index (χ0n) is 12.9. The SMILES string of the molecule is COc1ccc(NC(N)=NCC2CCC(C(N)=O)CC2)cc1. The van der Waals surface area contributed by atoms with Crippen LogP contribution in [-0.4, -0.2) is 25.5 Å². The highest BCUT2D eigenvalue weighted by Crippen LogP contribution is 2.28. The Bertz CT molecular complexity index is 519. The molecule has 1 amide bonds. The van der Waals surface area contributed by atoms with Gasteiger partial charge in [-0.05, 0) is 55.9 Å². The maximum Gasteiger partial charge on any atom is 0.220 e. The fourth-order valence-electron chi connectivity index (χ4n) is 2.72. The first-order chi connectivity index (χ1) is 10.6. The van der Waals surface area contributed by atoms with Crippen LogP contribution in [0.2, 0.25) is 0 Å². The van der Waals surface area contributed by atoms with Crippen molar-refractivity contribution in [3.05, 3.63) is 24.3 Å². The summed E-state index contributed by atoms with van der Waals surface area (Å²) in [6.07, 6.45) is 3.68. The number of aliphatic imine (C=N–C) groups is 1. The van der Waals surface area contributed by atoms with Gasteiger partial charge >= 0.3 is 0 Å². The van der Waals surface area contributed by atoms with E-state index in [1.54, 1.807) is 7.11 Å². The van der Waals surface area contributed by atoms with Crippen LogP contribution in [0.1, 0.15) is 25.7 Å². The van der Waals surface area contributed by atoms with Crippen molar-refractivity contribution >= 4 is 17.6 Å². The van der Waals surface area contributed by atoms with E-state index in [9.17, 15) is 4.79 Å². The fraction of sp³-hybridized carbons (Fsp3) is 0.500. The monoisotopic (exact) mass is 304 g/mol. The van der Waals surface area contributed by atoms with Gasteiger partial charge in [0.05, 0.1) is 7.11 Å². The number of primary amides is 1. The van der Waals surface area contributed by atoms with Gasteiger partial charge in [-0.25, -0.2) is 0 Å². The summed E-state index contributed by atoms with van der Waals surface area (Å²) in [4.78, 5) is 15.5. The van der Waals surface area contributed by atoms with Crippen molar-refractivity contribution in [2.75, 3.05) is 19.0 Å². The maximum atomic E-state index is 11.1. The summed E-state index contributed by atoms with van der Waals surface area (Å²) in [5, 5.41) is 3.06. The van der Waals surface area contributed by atoms with Crippen molar-refractivity contribution in [1.29, 1.82) is 0 Å². The Labute approximate surface area is 130 Å². The third kappa shape index (κ3) is 4.65. The van der Waals surface area contributed by atoms with Gasteiger partial charge < -0.3 is 21.5 Å². The lowest BCUT2D eigenvalue weighted by Crippen LogP contribution is -2.29. The van der Waals surface area contributed by atoms with Crippen LogP contribution in [0.15, 0.2) is 29.3 Å². The molecule has 5 N–H and O–H groups in total. The molecule has 6 nitrogen and oxygen atoms in total. The zero-order valence-corrected chi connectivity index (χ0v) is 12.9. The lowest BCUT2D eigenvalue weighted by atomic mass is 9.82. The normalized spacial score (nSPS) is 22.1. The Kier molecular flexibility index (Phi) is 5.63. The van der Waals surface area contributed by atoms with E-state index in [1.165, 1.54) is 0 Å². The van der Waals surface area contributed by atoms with E-state index in [0.717, 1.165) is 37.1 Å². The van der Waals surface area contributed by atoms with Gasteiger partial charge in [-0.15, -0.1) is 0 Å². The van der Waals surface area contributed by atoms with Gasteiger partial charge in [-0.1, -0.05) is 0 Å². The number of carbonyl (C=O) groups is 1. The molecule has 1 aromatic carbocycles. The van der Waals surface area contributed by atoms with E-state index < -0.39 is 0 Å². The number of rotatable bonds is 5. The van der Waals surface area contributed by atoms with Crippen LogP contribution in [0.3, 0.4) is 0 Å². The second-order valence-corrected chi connectivity index (χ2v) is 5.70. The molecule has 0 bridgehead atoms. The van der Waals surface area contributed by atoms with E-state index >= 15 is 0 Å². The van der Waals surface area contributed by atoms with Crippen molar-refractivity contribution in [2.45, 2.75) is 25.7 Å². The Morgan fingerprint density at radius 3 is 2.41 bits per heavy atom. The average Bonchev–Trinajstić information content (AvgIpc) is 2.54. The number of methoxy groups -OCH3 is 1. The number of nitrogens with one attached hydrogen (secondary N) is 1. The Morgan fingerprint density at radius 2 is 1.86 bits per heavy atom. The number of carbonyl (C=O) groups excluding carboxylic acids is 1. The van der Waals surface area contributed by atoms with Crippen molar-refractivity contribution in [3.8, 4) is 5.75 Å². The van der Waals surface area contributed by atoms with Gasteiger partial charge in [-0.2, -0.15) is 0 Å². The Morgan fingerprint density at radius 1 is 1.23 bits per heavy atom. The van der Waals surface area contributed by atoms with Gasteiger partial charge in [0.25, 0.3) is 0 Å². The molecular weight excluding hydrogens is 280 g/mol. The summed E-state index contributed by atoms with van der Waals surface area (Å²) in [6, 6.07) is 7.50. The third-order valence-corrected chi connectivity index (χ3v) is 4.13. The highest BCUT2D eigenvalue weighted by molar-refractivity contribution is 5.92. The minimum absolute atomic E-state index is 0.0370. The van der Waals surface area contributed by atoms with Gasteiger partial charge in [0.15, 0.2) is 5.96 Å². The topological polar surface area (TPSA) is 103 Å². The van der Waals surface area contributed by atoms with Crippen molar-refractivity contribution in [3.63, 3.8) is 0 Å². The molecule has 120 valence electrons.